The molecule has 1 aliphatic carbocycles. The summed E-state index contributed by atoms with van der Waals surface area (Å²) in [6.07, 6.45) is 0.569. The van der Waals surface area contributed by atoms with Crippen molar-refractivity contribution in [3.05, 3.63) is 30.2 Å². The number of carboxylic acid groups (broad SMARTS) is 1. The zero-order valence-corrected chi connectivity index (χ0v) is 10.2. The van der Waals surface area contributed by atoms with Gasteiger partial charge in [-0.05, 0) is 30.7 Å². The van der Waals surface area contributed by atoms with Crippen LogP contribution in [0.3, 0.4) is 0 Å². The standard InChI is InChI=1S/C13H12N2O4/c1-18-8-4-2-7(3-5-8)11-14-12(19-15-11)9-6-10(9)13(16)17/h2-5,9-10H,6H2,1H3,(H,16,17). The molecule has 0 spiro atoms. The van der Waals surface area contributed by atoms with Crippen molar-refractivity contribution in [2.24, 2.45) is 5.92 Å². The lowest BCUT2D eigenvalue weighted by Crippen LogP contribution is -1.98. The topological polar surface area (TPSA) is 85.5 Å². The summed E-state index contributed by atoms with van der Waals surface area (Å²) in [6, 6.07) is 7.27. The van der Waals surface area contributed by atoms with E-state index < -0.39 is 5.97 Å². The van der Waals surface area contributed by atoms with Crippen LogP contribution in [0.1, 0.15) is 18.2 Å². The minimum Gasteiger partial charge on any atom is -0.497 e. The average molecular weight is 260 g/mol. The third kappa shape index (κ3) is 2.16. The molecule has 1 saturated carbocycles. The fraction of sp³-hybridized carbons (Fsp3) is 0.308. The monoisotopic (exact) mass is 260 g/mol. The molecule has 1 aliphatic rings. The van der Waals surface area contributed by atoms with E-state index in [1.165, 1.54) is 0 Å². The van der Waals surface area contributed by atoms with E-state index in [-0.39, 0.29) is 11.8 Å². The molecule has 6 heteroatoms. The molecule has 6 nitrogen and oxygen atoms in total. The van der Waals surface area contributed by atoms with Crippen LogP contribution < -0.4 is 4.74 Å². The lowest BCUT2D eigenvalue weighted by atomic mass is 10.2. The molecule has 0 radical (unpaired) electrons. The number of benzene rings is 1. The number of carboxylic acids is 1. The maximum atomic E-state index is 10.8. The minimum atomic E-state index is -0.811. The maximum Gasteiger partial charge on any atom is 0.307 e. The highest BCUT2D eigenvalue weighted by Gasteiger charge is 2.48. The molecule has 1 aromatic carbocycles. The second-order valence-electron chi connectivity index (χ2n) is 4.47. The number of carbonyl (C=O) groups is 1. The summed E-state index contributed by atoms with van der Waals surface area (Å²) in [6.45, 7) is 0. The van der Waals surface area contributed by atoms with Crippen LogP contribution in [0.25, 0.3) is 11.4 Å². The van der Waals surface area contributed by atoms with Gasteiger partial charge in [0.1, 0.15) is 5.75 Å². The summed E-state index contributed by atoms with van der Waals surface area (Å²) in [5.41, 5.74) is 0.809. The third-order valence-electron chi connectivity index (χ3n) is 3.21. The molecular formula is C13H12N2O4. The van der Waals surface area contributed by atoms with Gasteiger partial charge in [0.2, 0.25) is 11.7 Å². The molecule has 2 unspecified atom stereocenters. The van der Waals surface area contributed by atoms with Gasteiger partial charge in [0.15, 0.2) is 0 Å². The molecule has 19 heavy (non-hydrogen) atoms. The highest BCUT2D eigenvalue weighted by molar-refractivity contribution is 5.74. The van der Waals surface area contributed by atoms with Crippen molar-refractivity contribution in [3.63, 3.8) is 0 Å². The molecule has 3 rings (SSSR count). The van der Waals surface area contributed by atoms with Gasteiger partial charge in [0, 0.05) is 5.56 Å². The second kappa shape index (κ2) is 4.38. The molecule has 2 atom stereocenters. The highest BCUT2D eigenvalue weighted by atomic mass is 16.5. The van der Waals surface area contributed by atoms with E-state index in [2.05, 4.69) is 10.1 Å². The first kappa shape index (κ1) is 11.7. The zero-order chi connectivity index (χ0) is 13.4. The van der Waals surface area contributed by atoms with Crippen molar-refractivity contribution in [3.8, 4) is 17.1 Å². The number of nitrogens with zero attached hydrogens (tertiary/aromatic N) is 2. The number of ether oxygens (including phenoxy) is 1. The lowest BCUT2D eigenvalue weighted by Gasteiger charge is -1.98. The highest BCUT2D eigenvalue weighted by Crippen LogP contribution is 2.47. The van der Waals surface area contributed by atoms with Gasteiger partial charge < -0.3 is 14.4 Å². The average Bonchev–Trinajstić information content (AvgIpc) is 3.09. The van der Waals surface area contributed by atoms with E-state index in [4.69, 9.17) is 14.4 Å². The Bertz CT molecular complexity index is 605. The first-order valence-electron chi connectivity index (χ1n) is 5.90. The van der Waals surface area contributed by atoms with Gasteiger partial charge in [-0.3, -0.25) is 4.79 Å². The molecular weight excluding hydrogens is 248 g/mol. The Morgan fingerprint density at radius 1 is 1.42 bits per heavy atom. The van der Waals surface area contributed by atoms with E-state index in [0.717, 1.165) is 11.3 Å². The molecule has 0 amide bonds. The summed E-state index contributed by atoms with van der Waals surface area (Å²) in [7, 11) is 1.60. The Balaban J connectivity index is 1.79. The fourth-order valence-corrected chi connectivity index (χ4v) is 1.98. The van der Waals surface area contributed by atoms with Crippen LogP contribution in [0.15, 0.2) is 28.8 Å². The Morgan fingerprint density at radius 2 is 2.16 bits per heavy atom. The summed E-state index contributed by atoms with van der Waals surface area (Å²) < 4.78 is 10.2. The van der Waals surface area contributed by atoms with E-state index in [0.29, 0.717) is 18.1 Å². The van der Waals surface area contributed by atoms with Crippen LogP contribution in [0.4, 0.5) is 0 Å². The van der Waals surface area contributed by atoms with Crippen LogP contribution >= 0.6 is 0 Å². The Hall–Kier alpha value is -2.37. The van der Waals surface area contributed by atoms with Crippen molar-refractivity contribution in [1.82, 2.24) is 10.1 Å². The molecule has 1 aromatic heterocycles. The first-order chi connectivity index (χ1) is 9.19. The Kier molecular flexibility index (Phi) is 2.70. The molecule has 0 aliphatic heterocycles. The largest absolute Gasteiger partial charge is 0.497 e. The third-order valence-corrected chi connectivity index (χ3v) is 3.21. The van der Waals surface area contributed by atoms with E-state index in [9.17, 15) is 4.79 Å². The smallest absolute Gasteiger partial charge is 0.307 e. The van der Waals surface area contributed by atoms with Gasteiger partial charge in [-0.2, -0.15) is 4.98 Å². The predicted molar refractivity (Wildman–Crippen MR) is 64.8 cm³/mol. The molecule has 98 valence electrons. The Morgan fingerprint density at radius 3 is 2.74 bits per heavy atom. The SMILES string of the molecule is COc1ccc(-c2noc(C3CC3C(=O)O)n2)cc1. The molecule has 0 bridgehead atoms. The molecule has 2 aromatic rings. The minimum absolute atomic E-state index is 0.142. The van der Waals surface area contributed by atoms with Gasteiger partial charge in [0.25, 0.3) is 0 Å². The number of hydrogen-bond acceptors (Lipinski definition) is 5. The van der Waals surface area contributed by atoms with Gasteiger partial charge in [0.05, 0.1) is 18.9 Å². The lowest BCUT2D eigenvalue weighted by molar-refractivity contribution is -0.138. The number of methoxy groups -OCH3 is 1. The van der Waals surface area contributed by atoms with Crippen molar-refractivity contribution in [2.45, 2.75) is 12.3 Å². The number of aliphatic carboxylic acids is 1. The van der Waals surface area contributed by atoms with Crippen molar-refractivity contribution < 1.29 is 19.2 Å². The van der Waals surface area contributed by atoms with Crippen LogP contribution in [0.2, 0.25) is 0 Å². The summed E-state index contributed by atoms with van der Waals surface area (Å²) in [5, 5.41) is 12.7. The summed E-state index contributed by atoms with van der Waals surface area (Å²) in [4.78, 5) is 15.0. The van der Waals surface area contributed by atoms with Gasteiger partial charge >= 0.3 is 5.97 Å². The Labute approximate surface area is 109 Å². The fourth-order valence-electron chi connectivity index (χ4n) is 1.98. The quantitative estimate of drug-likeness (QED) is 0.904. The van der Waals surface area contributed by atoms with Gasteiger partial charge in [-0.25, -0.2) is 0 Å². The van der Waals surface area contributed by atoms with E-state index >= 15 is 0 Å². The van der Waals surface area contributed by atoms with E-state index in [1.807, 2.05) is 24.3 Å². The van der Waals surface area contributed by atoms with Crippen molar-refractivity contribution >= 4 is 5.97 Å². The van der Waals surface area contributed by atoms with Crippen LogP contribution in [0, 0.1) is 5.92 Å². The second-order valence-corrected chi connectivity index (χ2v) is 4.47. The summed E-state index contributed by atoms with van der Waals surface area (Å²) >= 11 is 0. The number of hydrogen-bond donors (Lipinski definition) is 1. The summed E-state index contributed by atoms with van der Waals surface area (Å²) in [5.74, 6) is 0.280. The molecule has 0 saturated heterocycles. The molecule has 1 N–H and O–H groups in total. The van der Waals surface area contributed by atoms with E-state index in [1.54, 1.807) is 7.11 Å². The first-order valence-corrected chi connectivity index (χ1v) is 5.90. The van der Waals surface area contributed by atoms with Crippen LogP contribution in [0.5, 0.6) is 5.75 Å². The predicted octanol–water partition coefficient (Wildman–Crippen LogP) is 1.93. The van der Waals surface area contributed by atoms with Crippen LogP contribution in [-0.2, 0) is 4.79 Å². The van der Waals surface area contributed by atoms with Crippen molar-refractivity contribution in [2.75, 3.05) is 7.11 Å². The van der Waals surface area contributed by atoms with Crippen molar-refractivity contribution in [1.29, 1.82) is 0 Å². The normalized spacial score (nSPS) is 21.1. The number of aromatic nitrogens is 2. The number of rotatable bonds is 4. The molecule has 1 fully saturated rings. The van der Waals surface area contributed by atoms with Crippen LogP contribution in [-0.4, -0.2) is 28.3 Å². The maximum absolute atomic E-state index is 10.8. The zero-order valence-electron chi connectivity index (χ0n) is 10.2. The molecule has 1 heterocycles. The van der Waals surface area contributed by atoms with Gasteiger partial charge in [-0.15, -0.1) is 0 Å². The van der Waals surface area contributed by atoms with Gasteiger partial charge in [-0.1, -0.05) is 5.16 Å².